The van der Waals surface area contributed by atoms with Crippen molar-refractivity contribution >= 4 is 22.2 Å². The van der Waals surface area contributed by atoms with Gasteiger partial charge < -0.3 is 5.32 Å². The van der Waals surface area contributed by atoms with Crippen LogP contribution in [0.15, 0.2) is 22.6 Å². The second kappa shape index (κ2) is 5.97. The largest absolute Gasteiger partial charge is 0.352 e. The van der Waals surface area contributed by atoms with Gasteiger partial charge in [0.1, 0.15) is 5.56 Å². The summed E-state index contributed by atoms with van der Waals surface area (Å²) >= 11 is 1.37. The highest BCUT2D eigenvalue weighted by Crippen LogP contribution is 2.06. The number of rotatable bonds is 5. The summed E-state index contributed by atoms with van der Waals surface area (Å²) in [5.41, 5.74) is -0.215. The topological polar surface area (TPSA) is 63.5 Å². The van der Waals surface area contributed by atoms with Crippen LogP contribution < -0.4 is 10.9 Å². The zero-order valence-electron chi connectivity index (χ0n) is 11.0. The SMILES string of the molecule is CC(C)CCCNC(=O)c1cnc2sccn2c1=O. The Morgan fingerprint density at radius 1 is 1.53 bits per heavy atom. The van der Waals surface area contributed by atoms with Crippen LogP contribution >= 0.6 is 11.3 Å². The summed E-state index contributed by atoms with van der Waals surface area (Å²) in [6.07, 6.45) is 4.96. The summed E-state index contributed by atoms with van der Waals surface area (Å²) in [5.74, 6) is 0.271. The molecule has 102 valence electrons. The standard InChI is InChI=1S/C13H17N3O2S/c1-9(2)4-3-5-14-11(17)10-8-15-13-16(12(10)18)6-7-19-13/h6-9H,3-5H2,1-2H3,(H,14,17). The number of amides is 1. The highest BCUT2D eigenvalue weighted by atomic mass is 32.1. The van der Waals surface area contributed by atoms with Crippen LogP contribution in [-0.4, -0.2) is 21.8 Å². The molecule has 0 aliphatic rings. The minimum Gasteiger partial charge on any atom is -0.352 e. The van der Waals surface area contributed by atoms with E-state index in [-0.39, 0.29) is 17.0 Å². The molecule has 2 rings (SSSR count). The van der Waals surface area contributed by atoms with Crippen LogP contribution in [0.3, 0.4) is 0 Å². The van der Waals surface area contributed by atoms with Crippen molar-refractivity contribution in [1.29, 1.82) is 0 Å². The van der Waals surface area contributed by atoms with Crippen molar-refractivity contribution in [1.82, 2.24) is 14.7 Å². The van der Waals surface area contributed by atoms with Gasteiger partial charge in [-0.1, -0.05) is 13.8 Å². The number of fused-ring (bicyclic) bond motifs is 1. The monoisotopic (exact) mass is 279 g/mol. The van der Waals surface area contributed by atoms with Crippen molar-refractivity contribution in [3.05, 3.63) is 33.7 Å². The fraction of sp³-hybridized carbons (Fsp3) is 0.462. The maximum atomic E-state index is 12.0. The Bertz CT molecular complexity index is 630. The molecule has 0 unspecified atom stereocenters. The lowest BCUT2D eigenvalue weighted by atomic mass is 10.1. The van der Waals surface area contributed by atoms with E-state index in [1.807, 2.05) is 0 Å². The van der Waals surface area contributed by atoms with E-state index in [9.17, 15) is 9.59 Å². The molecule has 0 bridgehead atoms. The molecule has 0 atom stereocenters. The van der Waals surface area contributed by atoms with Gasteiger partial charge in [-0.25, -0.2) is 4.98 Å². The molecule has 0 saturated heterocycles. The minimum atomic E-state index is -0.346. The van der Waals surface area contributed by atoms with Crippen LogP contribution in [-0.2, 0) is 0 Å². The van der Waals surface area contributed by atoms with E-state index in [0.29, 0.717) is 17.4 Å². The highest BCUT2D eigenvalue weighted by Gasteiger charge is 2.13. The Kier molecular flexibility index (Phi) is 4.31. The molecule has 2 heterocycles. The lowest BCUT2D eigenvalue weighted by Crippen LogP contribution is -2.31. The fourth-order valence-corrected chi connectivity index (χ4v) is 2.46. The van der Waals surface area contributed by atoms with Gasteiger partial charge >= 0.3 is 0 Å². The molecular weight excluding hydrogens is 262 g/mol. The molecule has 0 aliphatic heterocycles. The van der Waals surface area contributed by atoms with Crippen LogP contribution in [0.1, 0.15) is 37.0 Å². The summed E-state index contributed by atoms with van der Waals surface area (Å²) in [6, 6.07) is 0. The van der Waals surface area contributed by atoms with Gasteiger partial charge in [0.05, 0.1) is 0 Å². The molecule has 0 radical (unpaired) electrons. The average Bonchev–Trinajstić information content (AvgIpc) is 2.83. The van der Waals surface area contributed by atoms with E-state index < -0.39 is 0 Å². The third-order valence-corrected chi connectivity index (χ3v) is 3.60. The third kappa shape index (κ3) is 3.20. The summed E-state index contributed by atoms with van der Waals surface area (Å²) in [6.45, 7) is 4.87. The fourth-order valence-electron chi connectivity index (χ4n) is 1.79. The lowest BCUT2D eigenvalue weighted by Gasteiger charge is -2.06. The van der Waals surface area contributed by atoms with E-state index in [1.54, 1.807) is 11.6 Å². The molecule has 6 heteroatoms. The van der Waals surface area contributed by atoms with E-state index in [4.69, 9.17) is 0 Å². The Labute approximate surface area is 115 Å². The van der Waals surface area contributed by atoms with E-state index >= 15 is 0 Å². The van der Waals surface area contributed by atoms with Crippen LogP contribution in [0.5, 0.6) is 0 Å². The first kappa shape index (κ1) is 13.7. The summed E-state index contributed by atoms with van der Waals surface area (Å²) < 4.78 is 1.40. The average molecular weight is 279 g/mol. The van der Waals surface area contributed by atoms with Gasteiger partial charge in [0.2, 0.25) is 0 Å². The van der Waals surface area contributed by atoms with Gasteiger partial charge in [-0.15, -0.1) is 11.3 Å². The smallest absolute Gasteiger partial charge is 0.271 e. The number of thiazole rings is 1. The molecule has 0 aliphatic carbocycles. The van der Waals surface area contributed by atoms with Gasteiger partial charge in [0.15, 0.2) is 4.96 Å². The zero-order chi connectivity index (χ0) is 13.8. The van der Waals surface area contributed by atoms with Crippen molar-refractivity contribution in [2.75, 3.05) is 6.54 Å². The van der Waals surface area contributed by atoms with Gasteiger partial charge in [0, 0.05) is 24.3 Å². The molecule has 5 nitrogen and oxygen atoms in total. The van der Waals surface area contributed by atoms with E-state index in [0.717, 1.165) is 12.8 Å². The van der Waals surface area contributed by atoms with Crippen LogP contribution in [0.2, 0.25) is 0 Å². The molecule has 1 amide bonds. The van der Waals surface area contributed by atoms with Crippen LogP contribution in [0.4, 0.5) is 0 Å². The number of carbonyl (C=O) groups is 1. The Hall–Kier alpha value is -1.69. The number of aromatic nitrogens is 2. The van der Waals surface area contributed by atoms with Crippen LogP contribution in [0, 0.1) is 5.92 Å². The zero-order valence-corrected chi connectivity index (χ0v) is 11.9. The van der Waals surface area contributed by atoms with Gasteiger partial charge in [-0.2, -0.15) is 0 Å². The molecule has 2 aromatic heterocycles. The number of hydrogen-bond acceptors (Lipinski definition) is 4. The van der Waals surface area contributed by atoms with Crippen molar-refractivity contribution < 1.29 is 4.79 Å². The number of nitrogens with one attached hydrogen (secondary N) is 1. The van der Waals surface area contributed by atoms with Gasteiger partial charge in [-0.3, -0.25) is 14.0 Å². The van der Waals surface area contributed by atoms with Crippen molar-refractivity contribution in [2.24, 2.45) is 5.92 Å². The van der Waals surface area contributed by atoms with Gasteiger partial charge in [0.25, 0.3) is 11.5 Å². The number of carbonyl (C=O) groups excluding carboxylic acids is 1. The maximum absolute atomic E-state index is 12.0. The summed E-state index contributed by atoms with van der Waals surface area (Å²) in [7, 11) is 0. The molecule has 0 saturated carbocycles. The third-order valence-electron chi connectivity index (χ3n) is 2.83. The van der Waals surface area contributed by atoms with Crippen molar-refractivity contribution in [3.8, 4) is 0 Å². The first-order chi connectivity index (χ1) is 9.09. The first-order valence-electron chi connectivity index (χ1n) is 6.32. The molecule has 0 aromatic carbocycles. The quantitative estimate of drug-likeness (QED) is 0.850. The highest BCUT2D eigenvalue weighted by molar-refractivity contribution is 7.15. The second-order valence-corrected chi connectivity index (χ2v) is 5.70. The predicted molar refractivity (Wildman–Crippen MR) is 75.7 cm³/mol. The van der Waals surface area contributed by atoms with Gasteiger partial charge in [-0.05, 0) is 18.8 Å². The van der Waals surface area contributed by atoms with Crippen LogP contribution in [0.25, 0.3) is 4.96 Å². The predicted octanol–water partition coefficient (Wildman–Crippen LogP) is 1.92. The second-order valence-electron chi connectivity index (χ2n) is 4.82. The molecule has 0 spiro atoms. The molecule has 2 aromatic rings. The van der Waals surface area contributed by atoms with Crippen molar-refractivity contribution in [2.45, 2.75) is 26.7 Å². The molecular formula is C13H17N3O2S. The molecule has 1 N–H and O–H groups in total. The number of hydrogen-bond donors (Lipinski definition) is 1. The Morgan fingerprint density at radius 3 is 3.05 bits per heavy atom. The Morgan fingerprint density at radius 2 is 2.32 bits per heavy atom. The first-order valence-corrected chi connectivity index (χ1v) is 7.20. The summed E-state index contributed by atoms with van der Waals surface area (Å²) in [5, 5.41) is 4.54. The molecule has 0 fully saturated rings. The molecule has 19 heavy (non-hydrogen) atoms. The normalized spacial score (nSPS) is 11.1. The maximum Gasteiger partial charge on any atom is 0.271 e. The van der Waals surface area contributed by atoms with Crippen molar-refractivity contribution in [3.63, 3.8) is 0 Å². The minimum absolute atomic E-state index is 0.0976. The summed E-state index contributed by atoms with van der Waals surface area (Å²) in [4.78, 5) is 28.7. The number of nitrogens with zero attached hydrogens (tertiary/aromatic N) is 2. The van der Waals surface area contributed by atoms with E-state index in [2.05, 4.69) is 24.1 Å². The lowest BCUT2D eigenvalue weighted by molar-refractivity contribution is 0.0950. The Balaban J connectivity index is 2.05. The van der Waals surface area contributed by atoms with E-state index in [1.165, 1.54) is 21.9 Å².